The lowest BCUT2D eigenvalue weighted by Crippen LogP contribution is -2.37. The van der Waals surface area contributed by atoms with E-state index in [0.29, 0.717) is 12.8 Å². The third-order valence-electron chi connectivity index (χ3n) is 5.08. The molecule has 0 atom stereocenters. The molecule has 0 unspecified atom stereocenters. The van der Waals surface area contributed by atoms with Crippen LogP contribution in [-0.4, -0.2) is 35.9 Å². The van der Waals surface area contributed by atoms with Crippen molar-refractivity contribution in [1.29, 1.82) is 0 Å². The van der Waals surface area contributed by atoms with Crippen LogP contribution in [0.5, 0.6) is 0 Å². The van der Waals surface area contributed by atoms with Gasteiger partial charge in [-0.3, -0.25) is 9.59 Å². The van der Waals surface area contributed by atoms with E-state index in [1.165, 1.54) is 0 Å². The Hall–Kier alpha value is -3.51. The van der Waals surface area contributed by atoms with Crippen molar-refractivity contribution in [1.82, 2.24) is 10.2 Å². The van der Waals surface area contributed by atoms with Crippen molar-refractivity contribution < 1.29 is 9.59 Å². The predicted octanol–water partition coefficient (Wildman–Crippen LogP) is 4.35. The molecule has 5 nitrogen and oxygen atoms in total. The van der Waals surface area contributed by atoms with E-state index in [4.69, 9.17) is 12.2 Å². The number of nitrogens with one attached hydrogen (secondary N) is 2. The molecule has 0 radical (unpaired) electrons. The maximum Gasteiger partial charge on any atom is 0.238 e. The molecule has 0 aliphatic rings. The second kappa shape index (κ2) is 11.2. The Morgan fingerprint density at radius 2 is 1.47 bits per heavy atom. The maximum atomic E-state index is 13.2. The molecule has 0 aliphatic carbocycles. The van der Waals surface area contributed by atoms with Gasteiger partial charge in [0.05, 0.1) is 5.92 Å². The van der Waals surface area contributed by atoms with E-state index < -0.39 is 5.92 Å². The van der Waals surface area contributed by atoms with Gasteiger partial charge in [0.1, 0.15) is 0 Å². The number of anilines is 1. The summed E-state index contributed by atoms with van der Waals surface area (Å²) in [4.78, 5) is 26.6. The fraction of sp³-hybridized carbons (Fsp3) is 0.192. The van der Waals surface area contributed by atoms with Crippen LogP contribution in [0, 0.1) is 0 Å². The van der Waals surface area contributed by atoms with Crippen LogP contribution in [0.25, 0.3) is 0 Å². The van der Waals surface area contributed by atoms with Gasteiger partial charge in [-0.15, -0.1) is 0 Å². The summed E-state index contributed by atoms with van der Waals surface area (Å²) in [6, 6.07) is 27.0. The van der Waals surface area contributed by atoms with E-state index in [0.717, 1.165) is 22.4 Å². The zero-order valence-electron chi connectivity index (χ0n) is 18.2. The zero-order valence-corrected chi connectivity index (χ0v) is 19.1. The molecule has 0 heterocycles. The molecular weight excluding hydrogens is 418 g/mol. The van der Waals surface area contributed by atoms with Crippen molar-refractivity contribution in [3.8, 4) is 0 Å². The summed E-state index contributed by atoms with van der Waals surface area (Å²) in [5, 5.41) is 6.15. The number of hydrogen-bond acceptors (Lipinski definition) is 3. The molecule has 3 aromatic carbocycles. The van der Waals surface area contributed by atoms with Gasteiger partial charge in [0.15, 0.2) is 5.11 Å². The summed E-state index contributed by atoms with van der Waals surface area (Å²) in [5.74, 6) is -0.591. The molecule has 6 heteroatoms. The molecule has 0 saturated heterocycles. The van der Waals surface area contributed by atoms with Gasteiger partial charge in [-0.1, -0.05) is 72.8 Å². The first-order valence-electron chi connectivity index (χ1n) is 10.4. The molecule has 3 aromatic rings. The molecule has 164 valence electrons. The number of nitrogens with zero attached hydrogens (tertiary/aromatic N) is 1. The summed E-state index contributed by atoms with van der Waals surface area (Å²) >= 11 is 5.41. The lowest BCUT2D eigenvalue weighted by atomic mass is 9.90. The monoisotopic (exact) mass is 445 g/mol. The highest BCUT2D eigenvalue weighted by atomic mass is 32.1. The summed E-state index contributed by atoms with van der Waals surface area (Å²) < 4.78 is 0. The first-order chi connectivity index (χ1) is 15.4. The number of rotatable bonds is 7. The van der Waals surface area contributed by atoms with Gasteiger partial charge in [0, 0.05) is 26.2 Å². The van der Waals surface area contributed by atoms with Crippen LogP contribution in [0.1, 0.15) is 29.0 Å². The van der Waals surface area contributed by atoms with Gasteiger partial charge < -0.3 is 15.5 Å². The summed E-state index contributed by atoms with van der Waals surface area (Å²) in [7, 11) is 3.50. The number of carbonyl (C=O) groups is 2. The molecule has 32 heavy (non-hydrogen) atoms. The quantitative estimate of drug-likeness (QED) is 0.531. The van der Waals surface area contributed by atoms with E-state index in [1.807, 2.05) is 84.9 Å². The Bertz CT molecular complexity index is 1030. The van der Waals surface area contributed by atoms with Crippen molar-refractivity contribution in [2.24, 2.45) is 0 Å². The Labute approximate surface area is 194 Å². The molecule has 0 bridgehead atoms. The molecule has 0 saturated carbocycles. The first-order valence-corrected chi connectivity index (χ1v) is 10.9. The summed E-state index contributed by atoms with van der Waals surface area (Å²) in [6.45, 7) is 0. The van der Waals surface area contributed by atoms with Crippen LogP contribution in [0.3, 0.4) is 0 Å². The van der Waals surface area contributed by atoms with Crippen LogP contribution in [0.2, 0.25) is 0 Å². The Morgan fingerprint density at radius 1 is 0.875 bits per heavy atom. The highest BCUT2D eigenvalue weighted by molar-refractivity contribution is 7.80. The smallest absolute Gasteiger partial charge is 0.238 e. The Balaban J connectivity index is 1.67. The molecule has 0 spiro atoms. The number of benzene rings is 3. The van der Waals surface area contributed by atoms with Gasteiger partial charge in [0.25, 0.3) is 0 Å². The molecule has 0 aromatic heterocycles. The lowest BCUT2D eigenvalue weighted by molar-refractivity contribution is -0.128. The molecule has 2 N–H and O–H groups in total. The van der Waals surface area contributed by atoms with Crippen LogP contribution in [0.4, 0.5) is 5.69 Å². The highest BCUT2D eigenvalue weighted by Gasteiger charge is 2.23. The van der Waals surface area contributed by atoms with E-state index in [2.05, 4.69) is 10.6 Å². The SMILES string of the molecule is CN(C)C(=O)CCc1cccc(NC(=S)NC(=O)C(c2ccccc2)c2ccccc2)c1. The van der Waals surface area contributed by atoms with Gasteiger partial charge in [-0.05, 0) is 47.5 Å². The van der Waals surface area contributed by atoms with Crippen LogP contribution < -0.4 is 10.6 Å². The minimum Gasteiger partial charge on any atom is -0.349 e. The van der Waals surface area contributed by atoms with Crippen LogP contribution >= 0.6 is 12.2 Å². The fourth-order valence-corrected chi connectivity index (χ4v) is 3.63. The highest BCUT2D eigenvalue weighted by Crippen LogP contribution is 2.24. The van der Waals surface area contributed by atoms with Crippen LogP contribution in [0.15, 0.2) is 84.9 Å². The van der Waals surface area contributed by atoms with E-state index in [1.54, 1.807) is 19.0 Å². The first kappa shape index (κ1) is 23.2. The van der Waals surface area contributed by atoms with Gasteiger partial charge in [-0.2, -0.15) is 0 Å². The predicted molar refractivity (Wildman–Crippen MR) is 133 cm³/mol. The summed E-state index contributed by atoms with van der Waals surface area (Å²) in [6.07, 6.45) is 1.07. The molecule has 2 amide bonds. The van der Waals surface area contributed by atoms with Gasteiger partial charge >= 0.3 is 0 Å². The molecule has 0 aliphatic heterocycles. The number of hydrogen-bond donors (Lipinski definition) is 2. The number of carbonyl (C=O) groups excluding carboxylic acids is 2. The van der Waals surface area contributed by atoms with E-state index in [9.17, 15) is 9.59 Å². The number of thiocarbonyl (C=S) groups is 1. The standard InChI is InChI=1S/C26H27N3O2S/c1-29(2)23(30)17-16-19-10-9-15-22(18-19)27-26(32)28-25(31)24(20-11-5-3-6-12-20)21-13-7-4-8-14-21/h3-15,18,24H,16-17H2,1-2H3,(H2,27,28,31,32). The van der Waals surface area contributed by atoms with Gasteiger partial charge in [-0.25, -0.2) is 0 Å². The zero-order chi connectivity index (χ0) is 22.9. The molecular formula is C26H27N3O2S. The molecule has 0 fully saturated rings. The van der Waals surface area contributed by atoms with E-state index in [-0.39, 0.29) is 16.9 Å². The second-order valence-electron chi connectivity index (χ2n) is 7.69. The minimum absolute atomic E-state index is 0.0824. The molecule has 3 rings (SSSR count). The minimum atomic E-state index is -0.472. The third kappa shape index (κ3) is 6.49. The summed E-state index contributed by atoms with van der Waals surface area (Å²) in [5.41, 5.74) is 3.57. The topological polar surface area (TPSA) is 61.4 Å². The van der Waals surface area contributed by atoms with Crippen molar-refractivity contribution in [3.63, 3.8) is 0 Å². The average molecular weight is 446 g/mol. The largest absolute Gasteiger partial charge is 0.349 e. The van der Waals surface area contributed by atoms with Crippen molar-refractivity contribution in [3.05, 3.63) is 102 Å². The number of aryl methyl sites for hydroxylation is 1. The van der Waals surface area contributed by atoms with E-state index >= 15 is 0 Å². The fourth-order valence-electron chi connectivity index (χ4n) is 3.41. The van der Waals surface area contributed by atoms with Crippen LogP contribution in [-0.2, 0) is 16.0 Å². The average Bonchev–Trinajstić information content (AvgIpc) is 2.79. The van der Waals surface area contributed by atoms with Crippen molar-refractivity contribution >= 4 is 34.8 Å². The number of amides is 2. The van der Waals surface area contributed by atoms with Gasteiger partial charge in [0.2, 0.25) is 11.8 Å². The van der Waals surface area contributed by atoms with Crippen molar-refractivity contribution in [2.45, 2.75) is 18.8 Å². The normalized spacial score (nSPS) is 10.5. The second-order valence-corrected chi connectivity index (χ2v) is 8.09. The Kier molecular flexibility index (Phi) is 8.11. The lowest BCUT2D eigenvalue weighted by Gasteiger charge is -2.19. The van der Waals surface area contributed by atoms with Crippen molar-refractivity contribution in [2.75, 3.05) is 19.4 Å². The third-order valence-corrected chi connectivity index (χ3v) is 5.28. The Morgan fingerprint density at radius 3 is 2.03 bits per heavy atom. The maximum absolute atomic E-state index is 13.2.